The quantitative estimate of drug-likeness (QED) is 0.107. The van der Waals surface area contributed by atoms with Crippen LogP contribution < -0.4 is 14.2 Å². The van der Waals surface area contributed by atoms with Gasteiger partial charge in [0.1, 0.15) is 17.6 Å². The first-order valence-corrected chi connectivity index (χ1v) is 28.5. The molecule has 0 atom stereocenters. The fourth-order valence-electron chi connectivity index (χ4n) is 5.90. The van der Waals surface area contributed by atoms with Gasteiger partial charge in [-0.15, -0.1) is 45.3 Å². The Morgan fingerprint density at radius 2 is 0.750 bits per heavy atom. The van der Waals surface area contributed by atoms with Crippen LogP contribution in [-0.4, -0.2) is 40.2 Å². The SMILES string of the molecule is Cc1ccc(-c2ccc(S(=O)(=O)Nc3cnc(C)s3)s2)cc1.Cc1ccc(-c2ccc(S(=O)(=O)Nc3cnccc3Cl)s2)cc1.Cc1ccc(-c2ccc(S(=O)(=O)Nc3cnccc3Cl)s2)cc1. The summed E-state index contributed by atoms with van der Waals surface area (Å²) in [5.74, 6) is 0. The number of nitrogens with one attached hydrogen (secondary N) is 3. The zero-order chi connectivity index (χ0) is 48.6. The molecule has 350 valence electrons. The predicted octanol–water partition coefficient (Wildman–Crippen LogP) is 13.4. The standard InChI is InChI=1S/2C16H13ClN2O2S2.C15H14N2O2S3/c2*1-11-2-4-12(5-3-11)15-6-7-16(22-15)23(20,21)19-14-10-18-9-8-13(14)17;1-10-3-5-12(6-4-10)13-7-8-15(21-13)22(18,19)17-14-9-16-11(2)20-14/h2*2-10,19H,1H3;3-9,17H,1-2H3. The molecule has 0 saturated heterocycles. The third-order valence-corrected chi connectivity index (χ3v) is 20.0. The molecular weight excluding hydrogens is 1040 g/mol. The van der Waals surface area contributed by atoms with Gasteiger partial charge in [0.25, 0.3) is 30.1 Å². The van der Waals surface area contributed by atoms with E-state index < -0.39 is 30.1 Å². The van der Waals surface area contributed by atoms with E-state index in [-0.39, 0.29) is 19.8 Å². The topological polar surface area (TPSA) is 177 Å². The van der Waals surface area contributed by atoms with Gasteiger partial charge in [-0.3, -0.25) is 24.1 Å². The lowest BCUT2D eigenvalue weighted by atomic mass is 10.1. The molecule has 6 aromatic heterocycles. The Kier molecular flexibility index (Phi) is 16.2. The van der Waals surface area contributed by atoms with E-state index >= 15 is 0 Å². The van der Waals surface area contributed by atoms with Crippen molar-refractivity contribution in [1.82, 2.24) is 15.0 Å². The van der Waals surface area contributed by atoms with Gasteiger partial charge in [0.05, 0.1) is 45.0 Å². The van der Waals surface area contributed by atoms with Crippen LogP contribution in [0, 0.1) is 27.7 Å². The highest BCUT2D eigenvalue weighted by Crippen LogP contribution is 2.35. The average Bonchev–Trinajstić information content (AvgIpc) is 4.16. The maximum absolute atomic E-state index is 12.5. The third-order valence-electron chi connectivity index (χ3n) is 9.43. The number of benzene rings is 3. The van der Waals surface area contributed by atoms with Gasteiger partial charge in [-0.05, 0) is 92.9 Å². The number of aromatic nitrogens is 3. The Morgan fingerprint density at radius 3 is 1.06 bits per heavy atom. The number of hydrogen-bond donors (Lipinski definition) is 3. The maximum Gasteiger partial charge on any atom is 0.272 e. The number of hydrogen-bond acceptors (Lipinski definition) is 13. The van der Waals surface area contributed by atoms with Crippen LogP contribution in [0.25, 0.3) is 31.3 Å². The van der Waals surface area contributed by atoms with Crippen molar-refractivity contribution in [2.75, 3.05) is 14.2 Å². The number of pyridine rings is 2. The number of nitrogens with zero attached hydrogens (tertiary/aromatic N) is 3. The number of anilines is 3. The second-order valence-corrected chi connectivity index (χ2v) is 25.8. The molecule has 0 amide bonds. The molecule has 9 aromatic rings. The van der Waals surface area contributed by atoms with E-state index in [9.17, 15) is 25.3 Å². The first-order chi connectivity index (χ1) is 32.3. The lowest BCUT2D eigenvalue weighted by Gasteiger charge is -2.07. The zero-order valence-electron chi connectivity index (χ0n) is 36.3. The Hall–Kier alpha value is -5.48. The third kappa shape index (κ3) is 13.2. The molecule has 9 rings (SSSR count). The van der Waals surface area contributed by atoms with E-state index in [1.165, 1.54) is 94.0 Å². The van der Waals surface area contributed by atoms with Gasteiger partial charge in [0.2, 0.25) is 0 Å². The molecular formula is C47H40Cl2N6O6S7. The van der Waals surface area contributed by atoms with Crippen LogP contribution in [0.2, 0.25) is 10.0 Å². The largest absolute Gasteiger partial charge is 0.276 e. The van der Waals surface area contributed by atoms with Crippen LogP contribution in [0.3, 0.4) is 0 Å². The van der Waals surface area contributed by atoms with Crippen molar-refractivity contribution in [3.05, 3.63) is 184 Å². The zero-order valence-corrected chi connectivity index (χ0v) is 43.6. The molecule has 0 aliphatic carbocycles. The summed E-state index contributed by atoms with van der Waals surface area (Å²) in [6.07, 6.45) is 7.30. The lowest BCUT2D eigenvalue weighted by molar-refractivity contribution is 0.601. The fraction of sp³-hybridized carbons (Fsp3) is 0.0851. The Balaban J connectivity index is 0.000000151. The van der Waals surface area contributed by atoms with Crippen LogP contribution in [-0.2, 0) is 30.1 Å². The number of aryl methyl sites for hydroxylation is 4. The number of thiazole rings is 1. The van der Waals surface area contributed by atoms with Crippen molar-refractivity contribution in [3.63, 3.8) is 0 Å². The van der Waals surface area contributed by atoms with E-state index in [0.29, 0.717) is 19.3 Å². The summed E-state index contributed by atoms with van der Waals surface area (Å²) in [6.45, 7) is 7.88. The molecule has 68 heavy (non-hydrogen) atoms. The average molecular weight is 1080 g/mol. The first kappa shape index (κ1) is 50.4. The highest BCUT2D eigenvalue weighted by atomic mass is 35.5. The summed E-state index contributed by atoms with van der Waals surface area (Å²) < 4.78 is 82.9. The molecule has 21 heteroatoms. The van der Waals surface area contributed by atoms with Crippen molar-refractivity contribution in [3.8, 4) is 31.3 Å². The summed E-state index contributed by atoms with van der Waals surface area (Å²) in [6, 6.07) is 37.2. The molecule has 0 unspecified atom stereocenters. The van der Waals surface area contributed by atoms with Gasteiger partial charge < -0.3 is 0 Å². The van der Waals surface area contributed by atoms with Crippen LogP contribution >= 0.6 is 68.5 Å². The Morgan fingerprint density at radius 1 is 0.412 bits per heavy atom. The summed E-state index contributed by atoms with van der Waals surface area (Å²) in [5.41, 5.74) is 7.01. The van der Waals surface area contributed by atoms with E-state index in [0.717, 1.165) is 47.5 Å². The monoisotopic (exact) mass is 1080 g/mol. The normalized spacial score (nSPS) is 11.4. The van der Waals surface area contributed by atoms with Crippen molar-refractivity contribution in [2.24, 2.45) is 0 Å². The highest BCUT2D eigenvalue weighted by Gasteiger charge is 2.21. The van der Waals surface area contributed by atoms with E-state index in [1.54, 1.807) is 30.3 Å². The predicted molar refractivity (Wildman–Crippen MR) is 281 cm³/mol. The van der Waals surface area contributed by atoms with Gasteiger partial charge in [-0.1, -0.05) is 113 Å². The van der Waals surface area contributed by atoms with Gasteiger partial charge in [-0.2, -0.15) is 0 Å². The van der Waals surface area contributed by atoms with Crippen LogP contribution in [0.15, 0.2) is 165 Å². The molecule has 12 nitrogen and oxygen atoms in total. The van der Waals surface area contributed by atoms with Crippen molar-refractivity contribution >= 4 is 115 Å². The van der Waals surface area contributed by atoms with Gasteiger partial charge >= 0.3 is 0 Å². The summed E-state index contributed by atoms with van der Waals surface area (Å²) in [7, 11) is -10.9. The number of rotatable bonds is 12. The van der Waals surface area contributed by atoms with Gasteiger partial charge in [0.15, 0.2) is 0 Å². The Bertz CT molecular complexity index is 3350. The molecule has 0 radical (unpaired) electrons. The molecule has 6 heterocycles. The molecule has 3 N–H and O–H groups in total. The number of halogens is 2. The smallest absolute Gasteiger partial charge is 0.272 e. The fourth-order valence-corrected chi connectivity index (χ4v) is 14.3. The maximum atomic E-state index is 12.5. The highest BCUT2D eigenvalue weighted by molar-refractivity contribution is 7.95. The van der Waals surface area contributed by atoms with Crippen LogP contribution in [0.5, 0.6) is 0 Å². The van der Waals surface area contributed by atoms with E-state index in [2.05, 4.69) is 29.1 Å². The van der Waals surface area contributed by atoms with Gasteiger partial charge in [-0.25, -0.2) is 30.2 Å². The van der Waals surface area contributed by atoms with Crippen LogP contribution in [0.1, 0.15) is 21.7 Å². The van der Waals surface area contributed by atoms with Crippen LogP contribution in [0.4, 0.5) is 16.4 Å². The molecule has 0 aliphatic heterocycles. The van der Waals surface area contributed by atoms with Crippen molar-refractivity contribution in [1.29, 1.82) is 0 Å². The van der Waals surface area contributed by atoms with E-state index in [1.807, 2.05) is 107 Å². The molecule has 3 aromatic carbocycles. The first-order valence-electron chi connectivity index (χ1n) is 20.1. The second-order valence-electron chi connectivity index (χ2n) is 14.7. The lowest BCUT2D eigenvalue weighted by Crippen LogP contribution is -2.11. The number of sulfonamides is 3. The van der Waals surface area contributed by atoms with Crippen molar-refractivity contribution in [2.45, 2.75) is 40.3 Å². The number of thiophene rings is 3. The molecule has 0 fully saturated rings. The second kappa shape index (κ2) is 21.9. The molecule has 0 bridgehead atoms. The molecule has 0 aliphatic rings. The summed E-state index contributed by atoms with van der Waals surface area (Å²) >= 11 is 16.9. The van der Waals surface area contributed by atoms with E-state index in [4.69, 9.17) is 23.2 Å². The minimum absolute atomic E-state index is 0.230. The minimum atomic E-state index is -3.69. The van der Waals surface area contributed by atoms with Crippen molar-refractivity contribution < 1.29 is 25.3 Å². The Labute approximate surface area is 421 Å². The molecule has 0 saturated carbocycles. The summed E-state index contributed by atoms with van der Waals surface area (Å²) in [4.78, 5) is 14.5. The summed E-state index contributed by atoms with van der Waals surface area (Å²) in [5, 5.41) is 1.96. The molecule has 0 spiro atoms. The van der Waals surface area contributed by atoms with Gasteiger partial charge in [0, 0.05) is 27.0 Å². The minimum Gasteiger partial charge on any atom is -0.276 e.